The number of hydrogen-bond acceptors (Lipinski definition) is 3. The number of aryl methyl sites for hydroxylation is 2. The third-order valence-electron chi connectivity index (χ3n) is 6.34. The number of nitrogens with one attached hydrogen (secondary N) is 1. The Morgan fingerprint density at radius 2 is 1.76 bits per heavy atom. The van der Waals surface area contributed by atoms with E-state index in [1.54, 1.807) is 4.90 Å². The van der Waals surface area contributed by atoms with Crippen LogP contribution in [0.5, 0.6) is 5.75 Å². The Bertz CT molecular complexity index is 919. The molecule has 5 nitrogen and oxygen atoms in total. The molecule has 2 aromatic rings. The summed E-state index contributed by atoms with van der Waals surface area (Å²) in [5.41, 5.74) is 2.94. The maximum absolute atomic E-state index is 13.3. The van der Waals surface area contributed by atoms with Gasteiger partial charge in [0, 0.05) is 17.6 Å². The number of nitrogens with zero attached hydrogens (tertiary/aromatic N) is 1. The molecule has 3 rings (SSSR count). The van der Waals surface area contributed by atoms with Crippen molar-refractivity contribution in [3.63, 3.8) is 0 Å². The van der Waals surface area contributed by atoms with Crippen LogP contribution in [0.25, 0.3) is 0 Å². The lowest BCUT2D eigenvalue weighted by atomic mass is 10.1. The van der Waals surface area contributed by atoms with Gasteiger partial charge in [0.25, 0.3) is 5.91 Å². The first-order valence-corrected chi connectivity index (χ1v) is 12.3. The fourth-order valence-electron chi connectivity index (χ4n) is 4.48. The van der Waals surface area contributed by atoms with Crippen LogP contribution in [0.15, 0.2) is 42.5 Å². The highest BCUT2D eigenvalue weighted by molar-refractivity contribution is 6.32. The van der Waals surface area contributed by atoms with E-state index in [0.29, 0.717) is 30.2 Å². The number of amides is 2. The Kier molecular flexibility index (Phi) is 9.19. The predicted molar refractivity (Wildman–Crippen MR) is 133 cm³/mol. The zero-order valence-corrected chi connectivity index (χ0v) is 20.7. The van der Waals surface area contributed by atoms with Crippen molar-refractivity contribution >= 4 is 23.4 Å². The second-order valence-corrected chi connectivity index (χ2v) is 9.27. The van der Waals surface area contributed by atoms with Crippen molar-refractivity contribution in [2.24, 2.45) is 0 Å². The summed E-state index contributed by atoms with van der Waals surface area (Å²) in [6.45, 7) is 6.12. The summed E-state index contributed by atoms with van der Waals surface area (Å²) in [7, 11) is 0. The zero-order chi connectivity index (χ0) is 23.8. The van der Waals surface area contributed by atoms with Gasteiger partial charge in [-0.3, -0.25) is 9.59 Å². The summed E-state index contributed by atoms with van der Waals surface area (Å²) in [5, 5.41) is 3.87. The van der Waals surface area contributed by atoms with Crippen LogP contribution in [0.4, 0.5) is 0 Å². The van der Waals surface area contributed by atoms with Gasteiger partial charge in [-0.1, -0.05) is 61.7 Å². The van der Waals surface area contributed by atoms with Crippen LogP contribution < -0.4 is 10.1 Å². The molecule has 1 saturated carbocycles. The summed E-state index contributed by atoms with van der Waals surface area (Å²) in [6, 6.07) is 13.4. The Balaban J connectivity index is 1.72. The van der Waals surface area contributed by atoms with E-state index in [0.717, 1.165) is 42.4 Å². The smallest absolute Gasteiger partial charge is 0.261 e. The first-order chi connectivity index (χ1) is 15.9. The van der Waals surface area contributed by atoms with Gasteiger partial charge < -0.3 is 15.0 Å². The SMILES string of the molecule is CCC(C(=O)NC1CCCC1)N(CCc1ccccc1)C(=O)COc1cc(C)c(Cl)c(C)c1. The average Bonchev–Trinajstić information content (AvgIpc) is 3.32. The minimum Gasteiger partial charge on any atom is -0.484 e. The Morgan fingerprint density at radius 1 is 1.12 bits per heavy atom. The van der Waals surface area contributed by atoms with Crippen molar-refractivity contribution in [1.29, 1.82) is 0 Å². The minimum atomic E-state index is -0.515. The van der Waals surface area contributed by atoms with Crippen molar-refractivity contribution in [1.82, 2.24) is 10.2 Å². The topological polar surface area (TPSA) is 58.6 Å². The van der Waals surface area contributed by atoms with E-state index in [1.807, 2.05) is 63.2 Å². The first kappa shape index (κ1) is 25.1. The minimum absolute atomic E-state index is 0.0657. The summed E-state index contributed by atoms with van der Waals surface area (Å²) in [6.07, 6.45) is 5.55. The van der Waals surface area contributed by atoms with Crippen LogP contribution >= 0.6 is 11.6 Å². The van der Waals surface area contributed by atoms with E-state index < -0.39 is 6.04 Å². The van der Waals surface area contributed by atoms with Gasteiger partial charge in [-0.05, 0) is 68.4 Å². The third kappa shape index (κ3) is 6.97. The fraction of sp³-hybridized carbons (Fsp3) is 0.481. The van der Waals surface area contributed by atoms with Crippen molar-refractivity contribution in [3.05, 3.63) is 64.2 Å². The quantitative estimate of drug-likeness (QED) is 0.516. The maximum Gasteiger partial charge on any atom is 0.261 e. The van der Waals surface area contributed by atoms with Crippen LogP contribution in [0, 0.1) is 13.8 Å². The molecule has 178 valence electrons. The van der Waals surface area contributed by atoms with E-state index in [2.05, 4.69) is 5.32 Å². The predicted octanol–water partition coefficient (Wildman–Crippen LogP) is 5.24. The molecule has 1 fully saturated rings. The van der Waals surface area contributed by atoms with Gasteiger partial charge in [-0.15, -0.1) is 0 Å². The Hall–Kier alpha value is -2.53. The number of hydrogen-bond donors (Lipinski definition) is 1. The van der Waals surface area contributed by atoms with E-state index in [-0.39, 0.29) is 24.5 Å². The van der Waals surface area contributed by atoms with Crippen molar-refractivity contribution in [2.75, 3.05) is 13.2 Å². The van der Waals surface area contributed by atoms with Crippen molar-refractivity contribution < 1.29 is 14.3 Å². The lowest BCUT2D eigenvalue weighted by Crippen LogP contribution is -2.52. The molecule has 0 aliphatic heterocycles. The van der Waals surface area contributed by atoms with Crippen LogP contribution in [-0.2, 0) is 16.0 Å². The molecule has 1 aliphatic carbocycles. The van der Waals surface area contributed by atoms with E-state index in [9.17, 15) is 9.59 Å². The molecule has 1 atom stereocenters. The van der Waals surface area contributed by atoms with Crippen LogP contribution in [-0.4, -0.2) is 41.9 Å². The van der Waals surface area contributed by atoms with Gasteiger partial charge in [0.05, 0.1) is 0 Å². The summed E-state index contributed by atoms with van der Waals surface area (Å²) >= 11 is 6.25. The number of carbonyl (C=O) groups is 2. The number of benzene rings is 2. The maximum atomic E-state index is 13.3. The first-order valence-electron chi connectivity index (χ1n) is 11.9. The molecular formula is C27H35ClN2O3. The Morgan fingerprint density at radius 3 is 2.36 bits per heavy atom. The molecule has 0 radical (unpaired) electrons. The number of halogens is 1. The largest absolute Gasteiger partial charge is 0.484 e. The molecule has 1 aliphatic rings. The van der Waals surface area contributed by atoms with Gasteiger partial charge in [0.1, 0.15) is 11.8 Å². The zero-order valence-electron chi connectivity index (χ0n) is 19.9. The molecular weight excluding hydrogens is 436 g/mol. The molecule has 33 heavy (non-hydrogen) atoms. The highest BCUT2D eigenvalue weighted by Crippen LogP contribution is 2.26. The second kappa shape index (κ2) is 12.1. The number of ether oxygens (including phenoxy) is 1. The summed E-state index contributed by atoms with van der Waals surface area (Å²) in [5.74, 6) is 0.350. The highest BCUT2D eigenvalue weighted by atomic mass is 35.5. The fourth-order valence-corrected chi connectivity index (χ4v) is 4.59. The van der Waals surface area contributed by atoms with E-state index in [4.69, 9.17) is 16.3 Å². The van der Waals surface area contributed by atoms with Crippen LogP contribution in [0.1, 0.15) is 55.7 Å². The van der Waals surface area contributed by atoms with Crippen LogP contribution in [0.3, 0.4) is 0 Å². The van der Waals surface area contributed by atoms with Gasteiger partial charge in [-0.25, -0.2) is 0 Å². The van der Waals surface area contributed by atoms with Crippen LogP contribution in [0.2, 0.25) is 5.02 Å². The lowest BCUT2D eigenvalue weighted by Gasteiger charge is -2.31. The molecule has 0 aromatic heterocycles. The van der Waals surface area contributed by atoms with E-state index >= 15 is 0 Å². The molecule has 6 heteroatoms. The molecule has 0 heterocycles. The lowest BCUT2D eigenvalue weighted by molar-refractivity contribution is -0.142. The van der Waals surface area contributed by atoms with E-state index in [1.165, 1.54) is 0 Å². The number of rotatable bonds is 10. The van der Waals surface area contributed by atoms with Gasteiger partial charge >= 0.3 is 0 Å². The normalized spacial score (nSPS) is 14.7. The molecule has 1 N–H and O–H groups in total. The van der Waals surface area contributed by atoms with Gasteiger partial charge in [0.15, 0.2) is 6.61 Å². The monoisotopic (exact) mass is 470 g/mol. The van der Waals surface area contributed by atoms with Crippen molar-refractivity contribution in [3.8, 4) is 5.75 Å². The molecule has 2 amide bonds. The van der Waals surface area contributed by atoms with Crippen molar-refractivity contribution in [2.45, 2.75) is 71.4 Å². The second-order valence-electron chi connectivity index (χ2n) is 8.90. The molecule has 0 saturated heterocycles. The highest BCUT2D eigenvalue weighted by Gasteiger charge is 2.30. The third-order valence-corrected chi connectivity index (χ3v) is 6.94. The summed E-state index contributed by atoms with van der Waals surface area (Å²) in [4.78, 5) is 28.1. The van der Waals surface area contributed by atoms with Gasteiger partial charge in [0.2, 0.25) is 5.91 Å². The Labute approximate surface area is 202 Å². The number of carbonyl (C=O) groups excluding carboxylic acids is 2. The standard InChI is InChI=1S/C27H35ClN2O3/c1-4-24(27(32)29-22-12-8-9-13-22)30(15-14-21-10-6-5-7-11-21)25(31)18-33-23-16-19(2)26(28)20(3)17-23/h5-7,10-11,16-17,22,24H,4,8-9,12-15,18H2,1-3H3,(H,29,32). The molecule has 1 unspecified atom stereocenters. The molecule has 0 bridgehead atoms. The average molecular weight is 471 g/mol. The molecule has 0 spiro atoms. The van der Waals surface area contributed by atoms with Gasteiger partial charge in [-0.2, -0.15) is 0 Å². The molecule has 2 aromatic carbocycles. The summed E-state index contributed by atoms with van der Waals surface area (Å²) < 4.78 is 5.84.